The van der Waals surface area contributed by atoms with Gasteiger partial charge in [0, 0.05) is 52.4 Å². The number of halogens is 1. The molecule has 49 valence electrons. The summed E-state index contributed by atoms with van der Waals surface area (Å²) >= 11 is 1.67. The van der Waals surface area contributed by atoms with Crippen LogP contribution in [0.3, 0.4) is 0 Å². The van der Waals surface area contributed by atoms with Gasteiger partial charge < -0.3 is 10.2 Å². The van der Waals surface area contributed by atoms with Crippen molar-refractivity contribution in [1.29, 1.82) is 0 Å². The van der Waals surface area contributed by atoms with Gasteiger partial charge >= 0.3 is 5.97 Å². The normalized spacial score (nSPS) is 11.8. The fourth-order valence-corrected chi connectivity index (χ4v) is 0.623. The number of rotatable bonds is 3. The Labute approximate surface area is 88.8 Å². The molecule has 4 nitrogen and oxygen atoms in total. The fourth-order valence-electron chi connectivity index (χ4n) is 0.159. The second kappa shape index (κ2) is 7.23. The monoisotopic (exact) mass is 254 g/mol. The van der Waals surface area contributed by atoms with Crippen molar-refractivity contribution in [3.05, 3.63) is 0 Å². The molecular formula is C3H6INNaO3. The summed E-state index contributed by atoms with van der Waals surface area (Å²) in [6, 6.07) is -0.837. The SMILES string of the molecule is O=C(O)[C@H](CO)NI.[Na]. The van der Waals surface area contributed by atoms with E-state index < -0.39 is 12.0 Å². The van der Waals surface area contributed by atoms with E-state index in [0.717, 1.165) is 0 Å². The number of aliphatic hydroxyl groups is 1. The van der Waals surface area contributed by atoms with E-state index in [1.807, 2.05) is 0 Å². The van der Waals surface area contributed by atoms with Gasteiger partial charge in [-0.15, -0.1) is 0 Å². The van der Waals surface area contributed by atoms with Crippen molar-refractivity contribution in [1.82, 2.24) is 3.53 Å². The van der Waals surface area contributed by atoms with Gasteiger partial charge in [-0.05, 0) is 0 Å². The number of nitrogens with one attached hydrogen (secondary N) is 1. The molecule has 0 aliphatic carbocycles. The van der Waals surface area contributed by atoms with Crippen molar-refractivity contribution in [3.63, 3.8) is 0 Å². The van der Waals surface area contributed by atoms with Crippen molar-refractivity contribution >= 4 is 58.4 Å². The molecule has 0 aromatic heterocycles. The maximum Gasteiger partial charge on any atom is 0.323 e. The third-order valence-corrected chi connectivity index (χ3v) is 1.36. The Balaban J connectivity index is 0. The van der Waals surface area contributed by atoms with E-state index in [4.69, 9.17) is 10.2 Å². The standard InChI is InChI=1S/C3H6INO3.Na/c4-5-2(1-6)3(7)8;/h2,5-6H,1H2,(H,7,8);/t2-;/m0./s1. The molecular weight excluding hydrogens is 248 g/mol. The molecule has 1 atom stereocenters. The number of carboxylic acids is 1. The van der Waals surface area contributed by atoms with E-state index in [1.165, 1.54) is 0 Å². The predicted molar refractivity (Wildman–Crippen MR) is 41.4 cm³/mol. The summed E-state index contributed by atoms with van der Waals surface area (Å²) < 4.78 is 2.37. The van der Waals surface area contributed by atoms with Crippen molar-refractivity contribution in [3.8, 4) is 0 Å². The third kappa shape index (κ3) is 5.56. The van der Waals surface area contributed by atoms with Crippen molar-refractivity contribution in [2.45, 2.75) is 6.04 Å². The molecule has 0 heterocycles. The first kappa shape index (κ1) is 12.8. The molecule has 0 saturated carbocycles. The Hall–Kier alpha value is 1.12. The zero-order valence-electron chi connectivity index (χ0n) is 4.97. The smallest absolute Gasteiger partial charge is 0.323 e. The van der Waals surface area contributed by atoms with Crippen LogP contribution >= 0.6 is 22.9 Å². The van der Waals surface area contributed by atoms with E-state index in [0.29, 0.717) is 0 Å². The van der Waals surface area contributed by atoms with Crippen LogP contribution in [0, 0.1) is 0 Å². The van der Waals surface area contributed by atoms with Crippen molar-refractivity contribution in [2.24, 2.45) is 0 Å². The van der Waals surface area contributed by atoms with Crippen molar-refractivity contribution < 1.29 is 15.0 Å². The molecule has 0 bridgehead atoms. The topological polar surface area (TPSA) is 69.6 Å². The molecule has 0 aromatic rings. The molecule has 0 rings (SSSR count). The average molecular weight is 254 g/mol. The van der Waals surface area contributed by atoms with Gasteiger partial charge in [-0.2, -0.15) is 0 Å². The van der Waals surface area contributed by atoms with Crippen LogP contribution in [-0.2, 0) is 4.79 Å². The third-order valence-electron chi connectivity index (χ3n) is 0.612. The Morgan fingerprint density at radius 3 is 2.22 bits per heavy atom. The van der Waals surface area contributed by atoms with Gasteiger partial charge in [0.05, 0.1) is 6.61 Å². The minimum Gasteiger partial charge on any atom is -0.480 e. The molecule has 0 aliphatic heterocycles. The Bertz CT molecular complexity index is 87.1. The molecule has 9 heavy (non-hydrogen) atoms. The number of aliphatic carboxylic acids is 1. The summed E-state index contributed by atoms with van der Waals surface area (Å²) in [6.45, 7) is -0.377. The minimum absolute atomic E-state index is 0. The fraction of sp³-hybridized carbons (Fsp3) is 0.667. The van der Waals surface area contributed by atoms with Crippen LogP contribution in [0.1, 0.15) is 0 Å². The number of aliphatic hydroxyl groups excluding tert-OH is 1. The molecule has 0 saturated heterocycles. The number of hydrogen-bond acceptors (Lipinski definition) is 3. The molecule has 0 fully saturated rings. The molecule has 0 unspecified atom stereocenters. The van der Waals surface area contributed by atoms with Crippen LogP contribution in [0.15, 0.2) is 0 Å². The van der Waals surface area contributed by atoms with E-state index >= 15 is 0 Å². The van der Waals surface area contributed by atoms with Crippen LogP contribution in [0.2, 0.25) is 0 Å². The van der Waals surface area contributed by atoms with Gasteiger partial charge in [-0.25, -0.2) is 3.53 Å². The minimum atomic E-state index is -1.04. The molecule has 0 amide bonds. The Kier molecular flexibility index (Phi) is 10.3. The van der Waals surface area contributed by atoms with Gasteiger partial charge in [0.1, 0.15) is 6.04 Å². The van der Waals surface area contributed by atoms with Gasteiger partial charge in [-0.1, -0.05) is 0 Å². The molecule has 0 spiro atoms. The van der Waals surface area contributed by atoms with E-state index in [2.05, 4.69) is 3.53 Å². The van der Waals surface area contributed by atoms with Crippen LogP contribution in [-0.4, -0.2) is 58.4 Å². The average Bonchev–Trinajstić information content (AvgIpc) is 1.69. The van der Waals surface area contributed by atoms with Crippen LogP contribution in [0.25, 0.3) is 0 Å². The number of carbonyl (C=O) groups is 1. The first-order chi connectivity index (χ1) is 3.72. The molecule has 3 N–H and O–H groups in total. The maximum absolute atomic E-state index is 9.93. The molecule has 0 aliphatic rings. The summed E-state index contributed by atoms with van der Waals surface area (Å²) in [5, 5.41) is 16.4. The zero-order valence-corrected chi connectivity index (χ0v) is 9.12. The Morgan fingerprint density at radius 1 is 1.78 bits per heavy atom. The van der Waals surface area contributed by atoms with E-state index in [1.54, 1.807) is 22.9 Å². The molecule has 1 radical (unpaired) electrons. The quantitative estimate of drug-likeness (QED) is 0.343. The van der Waals surface area contributed by atoms with Gasteiger partial charge in [0.25, 0.3) is 0 Å². The van der Waals surface area contributed by atoms with E-state index in [-0.39, 0.29) is 36.2 Å². The summed E-state index contributed by atoms with van der Waals surface area (Å²) in [5.41, 5.74) is 0. The first-order valence-corrected chi connectivity index (χ1v) is 3.00. The number of hydrogen-bond donors (Lipinski definition) is 3. The van der Waals surface area contributed by atoms with Gasteiger partial charge in [-0.3, -0.25) is 4.79 Å². The maximum atomic E-state index is 9.93. The number of carboxylic acid groups (broad SMARTS) is 1. The van der Waals surface area contributed by atoms with Crippen molar-refractivity contribution in [2.75, 3.05) is 6.61 Å². The van der Waals surface area contributed by atoms with Gasteiger partial charge in [0.15, 0.2) is 0 Å². The van der Waals surface area contributed by atoms with Crippen LogP contribution < -0.4 is 3.53 Å². The largest absolute Gasteiger partial charge is 0.480 e. The predicted octanol–water partition coefficient (Wildman–Crippen LogP) is -1.01. The summed E-state index contributed by atoms with van der Waals surface area (Å²) in [6.07, 6.45) is 0. The first-order valence-electron chi connectivity index (χ1n) is 1.92. The van der Waals surface area contributed by atoms with Crippen LogP contribution in [0.4, 0.5) is 0 Å². The molecule has 6 heteroatoms. The zero-order chi connectivity index (χ0) is 6.57. The summed E-state index contributed by atoms with van der Waals surface area (Å²) in [7, 11) is 0. The second-order valence-electron chi connectivity index (χ2n) is 1.18. The van der Waals surface area contributed by atoms with Crippen LogP contribution in [0.5, 0.6) is 0 Å². The van der Waals surface area contributed by atoms with Gasteiger partial charge in [0.2, 0.25) is 0 Å². The Morgan fingerprint density at radius 2 is 2.22 bits per heavy atom. The van der Waals surface area contributed by atoms with E-state index in [9.17, 15) is 4.79 Å². The second-order valence-corrected chi connectivity index (χ2v) is 1.81. The summed E-state index contributed by atoms with van der Waals surface area (Å²) in [4.78, 5) is 9.93. The molecule has 0 aromatic carbocycles. The summed E-state index contributed by atoms with van der Waals surface area (Å²) in [5.74, 6) is -1.04.